The maximum Gasteiger partial charge on any atom is 0.170 e. The van der Waals surface area contributed by atoms with E-state index in [9.17, 15) is 5.26 Å². The molecule has 0 aromatic carbocycles. The molecule has 100 valence electrons. The van der Waals surface area contributed by atoms with Gasteiger partial charge in [-0.1, -0.05) is 6.07 Å². The Morgan fingerprint density at radius 2 is 2.00 bits per heavy atom. The van der Waals surface area contributed by atoms with Crippen LogP contribution in [0.25, 0.3) is 0 Å². The van der Waals surface area contributed by atoms with Gasteiger partial charge in [0.2, 0.25) is 0 Å². The smallest absolute Gasteiger partial charge is 0.170 e. The first-order valence-electron chi connectivity index (χ1n) is 6.65. The van der Waals surface area contributed by atoms with Crippen molar-refractivity contribution in [3.8, 4) is 6.07 Å². The molecule has 3 rings (SSSR count). The van der Waals surface area contributed by atoms with Crippen molar-refractivity contribution in [2.45, 2.75) is 24.7 Å². The summed E-state index contributed by atoms with van der Waals surface area (Å²) in [7, 11) is 0. The zero-order valence-electron chi connectivity index (χ0n) is 10.8. The highest BCUT2D eigenvalue weighted by Crippen LogP contribution is 2.34. The van der Waals surface area contributed by atoms with Crippen LogP contribution < -0.4 is 0 Å². The number of likely N-dealkylation sites (tertiary alicyclic amines) is 1. The lowest BCUT2D eigenvalue weighted by Crippen LogP contribution is -2.46. The third kappa shape index (κ3) is 2.47. The van der Waals surface area contributed by atoms with Crippen molar-refractivity contribution in [3.63, 3.8) is 0 Å². The number of pyridine rings is 1. The highest BCUT2D eigenvalue weighted by atomic mass is 16.7. The van der Waals surface area contributed by atoms with Gasteiger partial charge in [-0.15, -0.1) is 0 Å². The topological polar surface area (TPSA) is 58.4 Å². The van der Waals surface area contributed by atoms with Gasteiger partial charge in [0.25, 0.3) is 0 Å². The standard InChI is InChI=1S/C14H17N3O2/c15-11-13(12-3-1-2-6-16-12)17-7-4-14(5-8-17)18-9-10-19-14/h1-3,6,13H,4-5,7-10H2. The molecule has 1 atom stereocenters. The molecule has 0 amide bonds. The molecule has 1 spiro atoms. The summed E-state index contributed by atoms with van der Waals surface area (Å²) in [5, 5.41) is 9.39. The predicted octanol–water partition coefficient (Wildman–Crippen LogP) is 1.49. The van der Waals surface area contributed by atoms with Crippen LogP contribution in [0.5, 0.6) is 0 Å². The normalized spacial score (nSPS) is 24.2. The van der Waals surface area contributed by atoms with Crippen LogP contribution >= 0.6 is 0 Å². The summed E-state index contributed by atoms with van der Waals surface area (Å²) < 4.78 is 11.4. The Labute approximate surface area is 112 Å². The fraction of sp³-hybridized carbons (Fsp3) is 0.571. The van der Waals surface area contributed by atoms with E-state index < -0.39 is 0 Å². The minimum Gasteiger partial charge on any atom is -0.347 e. The van der Waals surface area contributed by atoms with Crippen molar-refractivity contribution in [1.82, 2.24) is 9.88 Å². The van der Waals surface area contributed by atoms with Crippen molar-refractivity contribution in [3.05, 3.63) is 30.1 Å². The highest BCUT2D eigenvalue weighted by Gasteiger charge is 2.41. The highest BCUT2D eigenvalue weighted by molar-refractivity contribution is 5.16. The van der Waals surface area contributed by atoms with Gasteiger partial charge in [0, 0.05) is 32.1 Å². The predicted molar refractivity (Wildman–Crippen MR) is 68.0 cm³/mol. The van der Waals surface area contributed by atoms with E-state index in [-0.39, 0.29) is 11.8 Å². The van der Waals surface area contributed by atoms with E-state index in [4.69, 9.17) is 9.47 Å². The van der Waals surface area contributed by atoms with Crippen LogP contribution in [0.15, 0.2) is 24.4 Å². The molecule has 1 aromatic rings. The lowest BCUT2D eigenvalue weighted by atomic mass is 10.0. The Kier molecular flexibility index (Phi) is 3.47. The number of rotatable bonds is 2. The van der Waals surface area contributed by atoms with Gasteiger partial charge in [-0.05, 0) is 12.1 Å². The summed E-state index contributed by atoms with van der Waals surface area (Å²) in [6, 6.07) is 7.76. The van der Waals surface area contributed by atoms with Gasteiger partial charge in [0.05, 0.1) is 25.0 Å². The molecule has 5 nitrogen and oxygen atoms in total. The molecule has 0 saturated carbocycles. The SMILES string of the molecule is N#CC(c1ccccn1)N1CCC2(CC1)OCCO2. The molecule has 5 heteroatoms. The number of hydrogen-bond donors (Lipinski definition) is 0. The minimum atomic E-state index is -0.388. The maximum atomic E-state index is 9.39. The fourth-order valence-electron chi connectivity index (χ4n) is 2.78. The van der Waals surface area contributed by atoms with E-state index in [1.54, 1.807) is 6.20 Å². The van der Waals surface area contributed by atoms with Crippen molar-refractivity contribution >= 4 is 0 Å². The maximum absolute atomic E-state index is 9.39. The Hall–Kier alpha value is -1.48. The molecule has 2 aliphatic rings. The van der Waals surface area contributed by atoms with E-state index in [0.29, 0.717) is 13.2 Å². The van der Waals surface area contributed by atoms with Gasteiger partial charge in [-0.2, -0.15) is 5.26 Å². The van der Waals surface area contributed by atoms with E-state index in [2.05, 4.69) is 16.0 Å². The molecular weight excluding hydrogens is 242 g/mol. The van der Waals surface area contributed by atoms with Gasteiger partial charge in [0.15, 0.2) is 5.79 Å². The molecule has 19 heavy (non-hydrogen) atoms. The van der Waals surface area contributed by atoms with Crippen molar-refractivity contribution in [2.75, 3.05) is 26.3 Å². The molecule has 3 heterocycles. The average Bonchev–Trinajstić information content (AvgIpc) is 2.92. The molecule has 1 unspecified atom stereocenters. The number of aromatic nitrogens is 1. The lowest BCUT2D eigenvalue weighted by molar-refractivity contribution is -0.186. The molecule has 2 fully saturated rings. The van der Waals surface area contributed by atoms with Crippen molar-refractivity contribution in [1.29, 1.82) is 5.26 Å². The zero-order valence-corrected chi connectivity index (χ0v) is 10.8. The summed E-state index contributed by atoms with van der Waals surface area (Å²) in [5.41, 5.74) is 0.814. The first kappa shape index (κ1) is 12.5. The van der Waals surface area contributed by atoms with Crippen LogP contribution in [0.1, 0.15) is 24.6 Å². The number of nitriles is 1. The first-order chi connectivity index (χ1) is 9.33. The van der Waals surface area contributed by atoms with Gasteiger partial charge in [0.1, 0.15) is 6.04 Å². The summed E-state index contributed by atoms with van der Waals surface area (Å²) in [6.07, 6.45) is 3.37. The third-order valence-electron chi connectivity index (χ3n) is 3.83. The summed E-state index contributed by atoms with van der Waals surface area (Å²) in [4.78, 5) is 6.44. The molecular formula is C14H17N3O2. The summed E-state index contributed by atoms with van der Waals surface area (Å²) in [5.74, 6) is -0.388. The number of nitrogens with zero attached hydrogens (tertiary/aromatic N) is 3. The molecule has 0 radical (unpaired) electrons. The van der Waals surface area contributed by atoms with Crippen molar-refractivity contribution < 1.29 is 9.47 Å². The second-order valence-corrected chi connectivity index (χ2v) is 4.93. The van der Waals surface area contributed by atoms with Gasteiger partial charge in [-0.3, -0.25) is 9.88 Å². The monoisotopic (exact) mass is 259 g/mol. The molecule has 2 saturated heterocycles. The quantitative estimate of drug-likeness (QED) is 0.805. The first-order valence-corrected chi connectivity index (χ1v) is 6.65. The Morgan fingerprint density at radius 3 is 2.58 bits per heavy atom. The lowest BCUT2D eigenvalue weighted by Gasteiger charge is -2.39. The number of piperidine rings is 1. The average molecular weight is 259 g/mol. The number of ether oxygens (including phenoxy) is 2. The van der Waals surface area contributed by atoms with Gasteiger partial charge >= 0.3 is 0 Å². The molecule has 0 bridgehead atoms. The Morgan fingerprint density at radius 1 is 1.26 bits per heavy atom. The zero-order chi connectivity index (χ0) is 13.1. The second-order valence-electron chi connectivity index (χ2n) is 4.93. The van der Waals surface area contributed by atoms with E-state index in [1.165, 1.54) is 0 Å². The van der Waals surface area contributed by atoms with E-state index in [1.807, 2.05) is 18.2 Å². The Bertz CT molecular complexity index is 455. The molecule has 2 aliphatic heterocycles. The van der Waals surface area contributed by atoms with E-state index in [0.717, 1.165) is 31.6 Å². The van der Waals surface area contributed by atoms with Gasteiger partial charge < -0.3 is 9.47 Å². The van der Waals surface area contributed by atoms with Crippen molar-refractivity contribution in [2.24, 2.45) is 0 Å². The second kappa shape index (κ2) is 5.25. The Balaban J connectivity index is 1.68. The van der Waals surface area contributed by atoms with Gasteiger partial charge in [-0.25, -0.2) is 0 Å². The fourth-order valence-corrected chi connectivity index (χ4v) is 2.78. The third-order valence-corrected chi connectivity index (χ3v) is 3.83. The minimum absolute atomic E-state index is 0.278. The van der Waals surface area contributed by atoms with E-state index >= 15 is 0 Å². The largest absolute Gasteiger partial charge is 0.347 e. The van der Waals surface area contributed by atoms with Crippen LogP contribution in [0.2, 0.25) is 0 Å². The van der Waals surface area contributed by atoms with Crippen LogP contribution in [0.4, 0.5) is 0 Å². The van der Waals surface area contributed by atoms with Crippen LogP contribution in [-0.2, 0) is 9.47 Å². The summed E-state index contributed by atoms with van der Waals surface area (Å²) in [6.45, 7) is 2.97. The molecule has 0 N–H and O–H groups in total. The summed E-state index contributed by atoms with van der Waals surface area (Å²) >= 11 is 0. The molecule has 0 aliphatic carbocycles. The number of hydrogen-bond acceptors (Lipinski definition) is 5. The van der Waals surface area contributed by atoms with Crippen LogP contribution in [-0.4, -0.2) is 42.0 Å². The van der Waals surface area contributed by atoms with Crippen LogP contribution in [0.3, 0.4) is 0 Å². The molecule has 1 aromatic heterocycles. The van der Waals surface area contributed by atoms with Crippen LogP contribution in [0, 0.1) is 11.3 Å².